The van der Waals surface area contributed by atoms with Crippen LogP contribution in [0.15, 0.2) is 24.3 Å². The van der Waals surface area contributed by atoms with Gasteiger partial charge >= 0.3 is 0 Å². The van der Waals surface area contributed by atoms with Crippen LogP contribution in [0.25, 0.3) is 0 Å². The average Bonchev–Trinajstić information content (AvgIpc) is 2.42. The van der Waals surface area contributed by atoms with Crippen molar-refractivity contribution in [3.05, 3.63) is 45.7 Å². The summed E-state index contributed by atoms with van der Waals surface area (Å²) in [6.07, 6.45) is 0. The molecule has 0 aliphatic rings. The van der Waals surface area contributed by atoms with Gasteiger partial charge in [0.1, 0.15) is 5.69 Å². The Morgan fingerprint density at radius 1 is 1.23 bits per heavy atom. The Balaban J connectivity index is 2.26. The van der Waals surface area contributed by atoms with Crippen molar-refractivity contribution in [2.75, 3.05) is 10.6 Å². The van der Waals surface area contributed by atoms with Gasteiger partial charge in [0.05, 0.1) is 15.7 Å². The van der Waals surface area contributed by atoms with E-state index in [0.29, 0.717) is 27.4 Å². The fraction of sp³-hybridized carbons (Fsp3) is 0.267. The molecular weight excluding hydrogens is 323 g/mol. The molecule has 0 fully saturated rings. The molecule has 0 bridgehead atoms. The van der Waals surface area contributed by atoms with Crippen molar-refractivity contribution < 1.29 is 4.79 Å². The number of aromatic nitrogens is 2. The zero-order chi connectivity index (χ0) is 16.3. The predicted octanol–water partition coefficient (Wildman–Crippen LogP) is 4.16. The number of hydrogen-bond acceptors (Lipinski definition) is 4. The van der Waals surface area contributed by atoms with Crippen LogP contribution in [0.3, 0.4) is 0 Å². The maximum absolute atomic E-state index is 12.3. The molecular formula is C15H16Cl2N4O. The smallest absolute Gasteiger partial charge is 0.274 e. The molecule has 116 valence electrons. The Bertz CT molecular complexity index is 704. The molecule has 22 heavy (non-hydrogen) atoms. The number of carbonyl (C=O) groups excluding carboxylic acids is 1. The zero-order valence-corrected chi connectivity index (χ0v) is 14.0. The van der Waals surface area contributed by atoms with Crippen LogP contribution < -0.4 is 10.6 Å². The Kier molecular flexibility index (Phi) is 5.21. The maximum Gasteiger partial charge on any atom is 0.274 e. The minimum absolute atomic E-state index is 0.167. The third-order valence-corrected chi connectivity index (χ3v) is 3.52. The second-order valence-electron chi connectivity index (χ2n) is 5.07. The number of halogens is 2. The summed E-state index contributed by atoms with van der Waals surface area (Å²) >= 11 is 12.0. The molecule has 1 aromatic carbocycles. The number of carbonyl (C=O) groups is 1. The van der Waals surface area contributed by atoms with E-state index in [2.05, 4.69) is 20.6 Å². The molecule has 5 nitrogen and oxygen atoms in total. The lowest BCUT2D eigenvalue weighted by Crippen LogP contribution is -2.18. The Hall–Kier alpha value is -1.85. The van der Waals surface area contributed by atoms with Gasteiger partial charge < -0.3 is 10.6 Å². The van der Waals surface area contributed by atoms with Gasteiger partial charge in [0.25, 0.3) is 5.91 Å². The van der Waals surface area contributed by atoms with Gasteiger partial charge in [0.15, 0.2) is 0 Å². The van der Waals surface area contributed by atoms with Crippen molar-refractivity contribution in [3.8, 4) is 0 Å². The third-order valence-electron chi connectivity index (χ3n) is 2.70. The number of nitrogens with zero attached hydrogens (tertiary/aromatic N) is 2. The number of anilines is 2. The van der Waals surface area contributed by atoms with E-state index in [1.54, 1.807) is 31.2 Å². The Labute approximate surface area is 139 Å². The number of hydrogen-bond donors (Lipinski definition) is 2. The van der Waals surface area contributed by atoms with Crippen molar-refractivity contribution in [1.29, 1.82) is 0 Å². The summed E-state index contributed by atoms with van der Waals surface area (Å²) in [6, 6.07) is 6.81. The van der Waals surface area contributed by atoms with Gasteiger partial charge in [0.2, 0.25) is 5.95 Å². The molecule has 2 aromatic rings. The lowest BCUT2D eigenvalue weighted by molar-refractivity contribution is 0.102. The largest absolute Gasteiger partial charge is 0.352 e. The van der Waals surface area contributed by atoms with E-state index < -0.39 is 0 Å². The Morgan fingerprint density at radius 3 is 2.64 bits per heavy atom. The number of benzene rings is 1. The monoisotopic (exact) mass is 338 g/mol. The van der Waals surface area contributed by atoms with Gasteiger partial charge in [-0.2, -0.15) is 0 Å². The van der Waals surface area contributed by atoms with Crippen LogP contribution in [0.1, 0.15) is 30.0 Å². The fourth-order valence-electron chi connectivity index (χ4n) is 1.79. The van der Waals surface area contributed by atoms with Crippen LogP contribution in [0.2, 0.25) is 10.0 Å². The summed E-state index contributed by atoms with van der Waals surface area (Å²) in [4.78, 5) is 20.8. The van der Waals surface area contributed by atoms with Gasteiger partial charge in [0, 0.05) is 11.7 Å². The molecule has 7 heteroatoms. The molecule has 0 saturated heterocycles. The van der Waals surface area contributed by atoms with Crippen LogP contribution in [0.4, 0.5) is 11.6 Å². The third kappa shape index (κ3) is 4.08. The highest BCUT2D eigenvalue weighted by Crippen LogP contribution is 2.29. The highest BCUT2D eigenvalue weighted by Gasteiger charge is 2.13. The average molecular weight is 339 g/mol. The molecule has 0 radical (unpaired) electrons. The summed E-state index contributed by atoms with van der Waals surface area (Å²) in [6.45, 7) is 5.74. The molecule has 1 amide bonds. The topological polar surface area (TPSA) is 66.9 Å². The van der Waals surface area contributed by atoms with Crippen LogP contribution >= 0.6 is 23.2 Å². The highest BCUT2D eigenvalue weighted by atomic mass is 35.5. The van der Waals surface area contributed by atoms with Crippen LogP contribution in [-0.2, 0) is 0 Å². The number of aryl methyl sites for hydroxylation is 1. The van der Waals surface area contributed by atoms with Crippen molar-refractivity contribution >= 4 is 40.7 Å². The number of nitrogens with one attached hydrogen (secondary N) is 2. The zero-order valence-electron chi connectivity index (χ0n) is 12.4. The van der Waals surface area contributed by atoms with Crippen LogP contribution in [0.5, 0.6) is 0 Å². The van der Waals surface area contributed by atoms with Crippen molar-refractivity contribution in [2.45, 2.75) is 26.8 Å². The fourth-order valence-corrected chi connectivity index (χ4v) is 2.14. The maximum atomic E-state index is 12.3. The van der Waals surface area contributed by atoms with Gasteiger partial charge in [-0.25, -0.2) is 9.97 Å². The molecule has 2 N–H and O–H groups in total. The number of rotatable bonds is 4. The lowest BCUT2D eigenvalue weighted by atomic mass is 10.3. The SMILES string of the molecule is Cc1cc(C(=O)Nc2cccc(Cl)c2Cl)nc(NC(C)C)n1. The summed E-state index contributed by atoms with van der Waals surface area (Å²) in [5.41, 5.74) is 1.39. The summed E-state index contributed by atoms with van der Waals surface area (Å²) < 4.78 is 0. The summed E-state index contributed by atoms with van der Waals surface area (Å²) in [5, 5.41) is 6.45. The molecule has 0 aliphatic carbocycles. The first-order valence-corrected chi connectivity index (χ1v) is 7.50. The summed E-state index contributed by atoms with van der Waals surface area (Å²) in [5.74, 6) is 0.0406. The standard InChI is InChI=1S/C15H16Cl2N4O/c1-8(2)18-15-19-9(3)7-12(21-15)14(22)20-11-6-4-5-10(16)13(11)17/h4-8H,1-3H3,(H,20,22)(H,18,19,21). The van der Waals surface area contributed by atoms with Crippen molar-refractivity contribution in [2.24, 2.45) is 0 Å². The van der Waals surface area contributed by atoms with Gasteiger partial charge in [-0.05, 0) is 39.0 Å². The molecule has 0 saturated carbocycles. The van der Waals surface area contributed by atoms with E-state index in [-0.39, 0.29) is 17.6 Å². The minimum Gasteiger partial charge on any atom is -0.352 e. The highest BCUT2D eigenvalue weighted by molar-refractivity contribution is 6.44. The molecule has 0 atom stereocenters. The van der Waals surface area contributed by atoms with Gasteiger partial charge in [-0.15, -0.1) is 0 Å². The van der Waals surface area contributed by atoms with E-state index >= 15 is 0 Å². The predicted molar refractivity (Wildman–Crippen MR) is 89.9 cm³/mol. The lowest BCUT2D eigenvalue weighted by Gasteiger charge is -2.11. The van der Waals surface area contributed by atoms with Gasteiger partial charge in [-0.1, -0.05) is 29.3 Å². The summed E-state index contributed by atoms with van der Waals surface area (Å²) in [7, 11) is 0. The normalized spacial score (nSPS) is 10.6. The van der Waals surface area contributed by atoms with E-state index in [4.69, 9.17) is 23.2 Å². The van der Waals surface area contributed by atoms with E-state index in [1.807, 2.05) is 13.8 Å². The van der Waals surface area contributed by atoms with E-state index in [0.717, 1.165) is 0 Å². The molecule has 2 rings (SSSR count). The first kappa shape index (κ1) is 16.5. The van der Waals surface area contributed by atoms with Crippen LogP contribution in [-0.4, -0.2) is 21.9 Å². The van der Waals surface area contributed by atoms with E-state index in [1.165, 1.54) is 0 Å². The second-order valence-corrected chi connectivity index (χ2v) is 5.86. The van der Waals surface area contributed by atoms with Crippen molar-refractivity contribution in [3.63, 3.8) is 0 Å². The molecule has 0 unspecified atom stereocenters. The second kappa shape index (κ2) is 6.94. The molecule has 1 aromatic heterocycles. The number of amides is 1. The quantitative estimate of drug-likeness (QED) is 0.878. The minimum atomic E-state index is -0.374. The van der Waals surface area contributed by atoms with Crippen LogP contribution in [0, 0.1) is 6.92 Å². The molecule has 0 spiro atoms. The van der Waals surface area contributed by atoms with Gasteiger partial charge in [-0.3, -0.25) is 4.79 Å². The molecule has 1 heterocycles. The Morgan fingerprint density at radius 2 is 1.95 bits per heavy atom. The van der Waals surface area contributed by atoms with E-state index in [9.17, 15) is 4.79 Å². The molecule has 0 aliphatic heterocycles. The first-order valence-electron chi connectivity index (χ1n) is 6.74. The first-order chi connectivity index (χ1) is 10.4. The van der Waals surface area contributed by atoms with Crippen molar-refractivity contribution in [1.82, 2.24) is 9.97 Å².